The molecule has 5 nitrogen and oxygen atoms in total. The van der Waals surface area contributed by atoms with E-state index in [2.05, 4.69) is 12.2 Å². The SMILES string of the molecule is CCCCCCC(C)Oc1cc(NCC)cc([N+](=O)[O-])c1. The van der Waals surface area contributed by atoms with Crippen LogP contribution in [0.2, 0.25) is 0 Å². The lowest BCUT2D eigenvalue weighted by Crippen LogP contribution is -2.12. The van der Waals surface area contributed by atoms with Gasteiger partial charge in [-0.25, -0.2) is 0 Å². The number of ether oxygens (including phenoxy) is 1. The molecular formula is C16H26N2O3. The Bertz CT molecular complexity index is 449. The topological polar surface area (TPSA) is 64.4 Å². The quantitative estimate of drug-likeness (QED) is 0.384. The summed E-state index contributed by atoms with van der Waals surface area (Å²) in [4.78, 5) is 10.6. The molecule has 0 amide bonds. The Balaban J connectivity index is 2.65. The Morgan fingerprint density at radius 2 is 2.00 bits per heavy atom. The highest BCUT2D eigenvalue weighted by Crippen LogP contribution is 2.27. The molecule has 118 valence electrons. The number of nitro groups is 1. The molecule has 1 rings (SSSR count). The lowest BCUT2D eigenvalue weighted by atomic mass is 10.1. The number of unbranched alkanes of at least 4 members (excludes halogenated alkanes) is 3. The normalized spacial score (nSPS) is 12.0. The van der Waals surface area contributed by atoms with E-state index in [1.165, 1.54) is 31.4 Å². The highest BCUT2D eigenvalue weighted by Gasteiger charge is 2.12. The Hall–Kier alpha value is -1.78. The monoisotopic (exact) mass is 294 g/mol. The summed E-state index contributed by atoms with van der Waals surface area (Å²) in [7, 11) is 0. The first-order valence-electron chi connectivity index (χ1n) is 7.76. The Morgan fingerprint density at radius 1 is 1.24 bits per heavy atom. The summed E-state index contributed by atoms with van der Waals surface area (Å²) in [5.74, 6) is 0.558. The summed E-state index contributed by atoms with van der Waals surface area (Å²) in [6.07, 6.45) is 5.84. The van der Waals surface area contributed by atoms with Crippen LogP contribution in [0.25, 0.3) is 0 Å². The van der Waals surface area contributed by atoms with E-state index in [4.69, 9.17) is 4.74 Å². The number of hydrogen-bond donors (Lipinski definition) is 1. The molecule has 0 aromatic heterocycles. The molecule has 0 aliphatic carbocycles. The fraction of sp³-hybridized carbons (Fsp3) is 0.625. The maximum absolute atomic E-state index is 11.0. The van der Waals surface area contributed by atoms with Crippen LogP contribution in [0.1, 0.15) is 52.9 Å². The fourth-order valence-electron chi connectivity index (χ4n) is 2.21. The minimum absolute atomic E-state index is 0.0571. The molecule has 5 heteroatoms. The molecule has 0 radical (unpaired) electrons. The third-order valence-electron chi connectivity index (χ3n) is 3.28. The molecule has 0 saturated heterocycles. The van der Waals surface area contributed by atoms with E-state index in [9.17, 15) is 10.1 Å². The molecule has 1 aromatic carbocycles. The molecule has 1 N–H and O–H groups in total. The van der Waals surface area contributed by atoms with Crippen molar-refractivity contribution in [2.45, 2.75) is 59.0 Å². The molecule has 0 fully saturated rings. The zero-order valence-electron chi connectivity index (χ0n) is 13.2. The van der Waals surface area contributed by atoms with Gasteiger partial charge in [0.1, 0.15) is 5.75 Å². The van der Waals surface area contributed by atoms with Crippen molar-refractivity contribution in [3.63, 3.8) is 0 Å². The van der Waals surface area contributed by atoms with E-state index in [0.29, 0.717) is 12.3 Å². The van der Waals surface area contributed by atoms with Crippen LogP contribution < -0.4 is 10.1 Å². The first-order chi connectivity index (χ1) is 10.1. The molecule has 0 saturated carbocycles. The first-order valence-corrected chi connectivity index (χ1v) is 7.76. The number of nitrogens with zero attached hydrogens (tertiary/aromatic N) is 1. The summed E-state index contributed by atoms with van der Waals surface area (Å²) in [5.41, 5.74) is 0.779. The highest BCUT2D eigenvalue weighted by molar-refractivity contribution is 5.56. The summed E-state index contributed by atoms with van der Waals surface area (Å²) < 4.78 is 5.83. The molecule has 0 heterocycles. The van der Waals surface area contributed by atoms with Crippen LogP contribution in [-0.4, -0.2) is 17.6 Å². The molecule has 1 unspecified atom stereocenters. The number of anilines is 1. The van der Waals surface area contributed by atoms with Gasteiger partial charge < -0.3 is 10.1 Å². The molecule has 1 aromatic rings. The lowest BCUT2D eigenvalue weighted by molar-refractivity contribution is -0.384. The predicted octanol–water partition coefficient (Wildman–Crippen LogP) is 4.76. The van der Waals surface area contributed by atoms with E-state index in [1.54, 1.807) is 0 Å². The summed E-state index contributed by atoms with van der Waals surface area (Å²) in [6.45, 7) is 6.87. The second-order valence-corrected chi connectivity index (χ2v) is 5.28. The molecule has 0 bridgehead atoms. The largest absolute Gasteiger partial charge is 0.490 e. The van der Waals surface area contributed by atoms with E-state index in [0.717, 1.165) is 18.5 Å². The van der Waals surface area contributed by atoms with Crippen molar-refractivity contribution in [2.24, 2.45) is 0 Å². The maximum atomic E-state index is 11.0. The number of hydrogen-bond acceptors (Lipinski definition) is 4. The van der Waals surface area contributed by atoms with Crippen molar-refractivity contribution >= 4 is 11.4 Å². The minimum Gasteiger partial charge on any atom is -0.490 e. The average Bonchev–Trinajstić information content (AvgIpc) is 2.43. The van der Waals surface area contributed by atoms with Gasteiger partial charge in [-0.05, 0) is 26.7 Å². The maximum Gasteiger partial charge on any atom is 0.275 e. The summed E-state index contributed by atoms with van der Waals surface area (Å²) in [6, 6.07) is 4.84. The van der Waals surface area contributed by atoms with E-state index >= 15 is 0 Å². The predicted molar refractivity (Wildman–Crippen MR) is 86.1 cm³/mol. The second-order valence-electron chi connectivity index (χ2n) is 5.28. The van der Waals surface area contributed by atoms with Crippen LogP contribution >= 0.6 is 0 Å². The Labute approximate surface area is 126 Å². The third-order valence-corrected chi connectivity index (χ3v) is 3.28. The van der Waals surface area contributed by atoms with Gasteiger partial charge in [-0.15, -0.1) is 0 Å². The minimum atomic E-state index is -0.389. The molecule has 0 aliphatic rings. The van der Waals surface area contributed by atoms with Crippen molar-refractivity contribution in [1.29, 1.82) is 0 Å². The van der Waals surface area contributed by atoms with Crippen molar-refractivity contribution in [2.75, 3.05) is 11.9 Å². The van der Waals surface area contributed by atoms with Crippen LogP contribution in [0, 0.1) is 10.1 Å². The third kappa shape index (κ3) is 6.47. The number of non-ortho nitro benzene ring substituents is 1. The highest BCUT2D eigenvalue weighted by atomic mass is 16.6. The van der Waals surface area contributed by atoms with Gasteiger partial charge in [0.05, 0.1) is 17.1 Å². The fourth-order valence-corrected chi connectivity index (χ4v) is 2.21. The first kappa shape index (κ1) is 17.3. The van der Waals surface area contributed by atoms with Crippen LogP contribution in [0.3, 0.4) is 0 Å². The molecule has 1 atom stereocenters. The van der Waals surface area contributed by atoms with Crippen LogP contribution in [0.4, 0.5) is 11.4 Å². The van der Waals surface area contributed by atoms with Gasteiger partial charge in [0, 0.05) is 24.4 Å². The van der Waals surface area contributed by atoms with Gasteiger partial charge in [0.2, 0.25) is 0 Å². The smallest absolute Gasteiger partial charge is 0.275 e. The number of nitro benzene ring substituents is 1. The van der Waals surface area contributed by atoms with E-state index < -0.39 is 0 Å². The Morgan fingerprint density at radius 3 is 2.62 bits per heavy atom. The van der Waals surface area contributed by atoms with E-state index in [-0.39, 0.29) is 16.7 Å². The molecule has 0 spiro atoms. The summed E-state index contributed by atoms with van der Waals surface area (Å²) in [5, 5.41) is 14.1. The van der Waals surface area contributed by atoms with Crippen LogP contribution in [0.5, 0.6) is 5.75 Å². The Kier molecular flexibility index (Phi) is 7.58. The van der Waals surface area contributed by atoms with Crippen LogP contribution in [0.15, 0.2) is 18.2 Å². The number of benzene rings is 1. The van der Waals surface area contributed by atoms with Crippen molar-refractivity contribution < 1.29 is 9.66 Å². The van der Waals surface area contributed by atoms with Crippen molar-refractivity contribution in [3.8, 4) is 5.75 Å². The molecule has 21 heavy (non-hydrogen) atoms. The zero-order chi connectivity index (χ0) is 15.7. The second kappa shape index (κ2) is 9.21. The number of rotatable bonds is 10. The molecule has 0 aliphatic heterocycles. The van der Waals surface area contributed by atoms with Crippen molar-refractivity contribution in [3.05, 3.63) is 28.3 Å². The molecular weight excluding hydrogens is 268 g/mol. The van der Waals surface area contributed by atoms with Gasteiger partial charge in [0.15, 0.2) is 0 Å². The van der Waals surface area contributed by atoms with Gasteiger partial charge in [-0.1, -0.05) is 26.2 Å². The van der Waals surface area contributed by atoms with Crippen LogP contribution in [-0.2, 0) is 0 Å². The average molecular weight is 294 g/mol. The summed E-state index contributed by atoms with van der Waals surface area (Å²) >= 11 is 0. The van der Waals surface area contributed by atoms with Gasteiger partial charge in [0.25, 0.3) is 5.69 Å². The zero-order valence-corrected chi connectivity index (χ0v) is 13.2. The van der Waals surface area contributed by atoms with Crippen molar-refractivity contribution in [1.82, 2.24) is 0 Å². The standard InChI is InChI=1S/C16H26N2O3/c1-4-6-7-8-9-13(3)21-16-11-14(17-5-2)10-15(12-16)18(19)20/h10-13,17H,4-9H2,1-3H3. The lowest BCUT2D eigenvalue weighted by Gasteiger charge is -2.15. The van der Waals surface area contributed by atoms with E-state index in [1.807, 2.05) is 19.9 Å². The van der Waals surface area contributed by atoms with Gasteiger partial charge >= 0.3 is 0 Å². The van der Waals surface area contributed by atoms with Gasteiger partial charge in [-0.3, -0.25) is 10.1 Å². The van der Waals surface area contributed by atoms with Gasteiger partial charge in [-0.2, -0.15) is 0 Å². The number of nitrogens with one attached hydrogen (secondary N) is 1.